The molecular formula is C18H26F2N2O2. The molecule has 1 unspecified atom stereocenters. The number of nitrogens with zero attached hydrogens (tertiary/aromatic N) is 1. The Morgan fingerprint density at radius 2 is 1.79 bits per heavy atom. The number of alkyl halides is 2. The molecule has 2 N–H and O–H groups in total. The van der Waals surface area contributed by atoms with Crippen molar-refractivity contribution in [3.05, 3.63) is 29.8 Å². The van der Waals surface area contributed by atoms with Gasteiger partial charge in [0.15, 0.2) is 0 Å². The lowest BCUT2D eigenvalue weighted by atomic mass is 10.0. The van der Waals surface area contributed by atoms with Gasteiger partial charge in [0.25, 0.3) is 0 Å². The number of benzene rings is 1. The third kappa shape index (κ3) is 5.40. The average Bonchev–Trinajstić information content (AvgIpc) is 3.38. The fourth-order valence-corrected chi connectivity index (χ4v) is 3.25. The van der Waals surface area contributed by atoms with E-state index in [4.69, 9.17) is 0 Å². The fourth-order valence-electron chi connectivity index (χ4n) is 3.25. The Morgan fingerprint density at radius 3 is 2.38 bits per heavy atom. The summed E-state index contributed by atoms with van der Waals surface area (Å²) in [4.78, 5) is 2.55. The van der Waals surface area contributed by atoms with Crippen molar-refractivity contribution in [1.29, 1.82) is 0 Å². The molecule has 2 fully saturated rings. The molecule has 1 saturated heterocycles. The normalized spacial score (nSPS) is 21.2. The molecule has 0 radical (unpaired) electrons. The van der Waals surface area contributed by atoms with Crippen LogP contribution in [0.4, 0.5) is 8.78 Å². The molecular weight excluding hydrogens is 314 g/mol. The number of likely N-dealkylation sites (tertiary alicyclic amines) is 1. The molecule has 6 heteroatoms. The van der Waals surface area contributed by atoms with Crippen LogP contribution in [-0.2, 0) is 0 Å². The van der Waals surface area contributed by atoms with Gasteiger partial charge in [-0.3, -0.25) is 0 Å². The second-order valence-corrected chi connectivity index (χ2v) is 6.89. The summed E-state index contributed by atoms with van der Waals surface area (Å²) in [6.07, 6.45) is 4.37. The smallest absolute Gasteiger partial charge is 0.387 e. The minimum absolute atomic E-state index is 0.108. The number of aliphatic hydroxyl groups excluding tert-OH is 1. The van der Waals surface area contributed by atoms with E-state index in [-0.39, 0.29) is 5.75 Å². The first-order valence-corrected chi connectivity index (χ1v) is 8.78. The Kier molecular flexibility index (Phi) is 6.03. The first-order valence-electron chi connectivity index (χ1n) is 8.78. The Bertz CT molecular complexity index is 500. The van der Waals surface area contributed by atoms with Crippen LogP contribution in [0.2, 0.25) is 0 Å². The molecule has 0 aromatic heterocycles. The standard InChI is InChI=1S/C18H26F2N2O2/c19-18(20)24-16-5-3-14(4-6-16)17(23)11-21-15-7-9-22(10-8-15)12-13-1-2-13/h3-6,13,15,17-18,21,23H,1-2,7-12H2. The molecule has 1 saturated carbocycles. The van der Waals surface area contributed by atoms with E-state index in [9.17, 15) is 13.9 Å². The van der Waals surface area contributed by atoms with Gasteiger partial charge in [-0.05, 0) is 62.4 Å². The Hall–Kier alpha value is -1.24. The third-order valence-electron chi connectivity index (χ3n) is 4.89. The van der Waals surface area contributed by atoms with E-state index < -0.39 is 12.7 Å². The highest BCUT2D eigenvalue weighted by atomic mass is 19.3. The highest BCUT2D eigenvalue weighted by Crippen LogP contribution is 2.30. The zero-order valence-corrected chi connectivity index (χ0v) is 13.8. The van der Waals surface area contributed by atoms with E-state index in [1.807, 2.05) is 0 Å². The molecule has 0 amide bonds. The highest BCUT2D eigenvalue weighted by molar-refractivity contribution is 5.28. The van der Waals surface area contributed by atoms with Gasteiger partial charge in [-0.15, -0.1) is 0 Å². The lowest BCUT2D eigenvalue weighted by Gasteiger charge is -2.33. The zero-order valence-electron chi connectivity index (χ0n) is 13.8. The van der Waals surface area contributed by atoms with Gasteiger partial charge in [-0.2, -0.15) is 8.78 Å². The number of nitrogens with one attached hydrogen (secondary N) is 1. The Morgan fingerprint density at radius 1 is 1.12 bits per heavy atom. The van der Waals surface area contributed by atoms with Crippen molar-refractivity contribution in [3.8, 4) is 5.75 Å². The molecule has 0 bridgehead atoms. The van der Waals surface area contributed by atoms with Crippen LogP contribution < -0.4 is 10.1 Å². The minimum Gasteiger partial charge on any atom is -0.435 e. The van der Waals surface area contributed by atoms with Gasteiger partial charge in [-0.25, -0.2) is 0 Å². The van der Waals surface area contributed by atoms with Crippen molar-refractivity contribution in [2.45, 2.75) is 44.4 Å². The molecule has 1 heterocycles. The van der Waals surface area contributed by atoms with Gasteiger partial charge in [0.1, 0.15) is 5.75 Å². The van der Waals surface area contributed by atoms with Gasteiger partial charge in [0, 0.05) is 19.1 Å². The van der Waals surface area contributed by atoms with Gasteiger partial charge < -0.3 is 20.1 Å². The van der Waals surface area contributed by atoms with Crippen LogP contribution in [0.15, 0.2) is 24.3 Å². The molecule has 24 heavy (non-hydrogen) atoms. The SMILES string of the molecule is OC(CNC1CCN(CC2CC2)CC1)c1ccc(OC(F)F)cc1. The van der Waals surface area contributed by atoms with Crippen LogP contribution in [0, 0.1) is 5.92 Å². The zero-order chi connectivity index (χ0) is 16.9. The Balaban J connectivity index is 1.38. The second-order valence-electron chi connectivity index (χ2n) is 6.89. The van der Waals surface area contributed by atoms with Crippen LogP contribution in [-0.4, -0.2) is 48.8 Å². The summed E-state index contributed by atoms with van der Waals surface area (Å²) in [6.45, 7) is 1.16. The van der Waals surface area contributed by atoms with E-state index in [0.29, 0.717) is 18.2 Å². The number of hydrogen-bond acceptors (Lipinski definition) is 4. The van der Waals surface area contributed by atoms with E-state index in [0.717, 1.165) is 31.8 Å². The second kappa shape index (κ2) is 8.23. The monoisotopic (exact) mass is 340 g/mol. The minimum atomic E-state index is -2.83. The molecule has 0 spiro atoms. The fraction of sp³-hybridized carbons (Fsp3) is 0.667. The number of rotatable bonds is 8. The summed E-state index contributed by atoms with van der Waals surface area (Å²) >= 11 is 0. The summed E-state index contributed by atoms with van der Waals surface area (Å²) in [7, 11) is 0. The van der Waals surface area contributed by atoms with Crippen molar-refractivity contribution >= 4 is 0 Å². The first-order chi connectivity index (χ1) is 11.6. The lowest BCUT2D eigenvalue weighted by molar-refractivity contribution is -0.0498. The molecule has 3 rings (SSSR count). The molecule has 134 valence electrons. The Labute approximate surface area is 141 Å². The van der Waals surface area contributed by atoms with Gasteiger partial charge >= 0.3 is 6.61 Å². The van der Waals surface area contributed by atoms with E-state index in [1.165, 1.54) is 31.5 Å². The van der Waals surface area contributed by atoms with E-state index in [1.54, 1.807) is 12.1 Å². The summed E-state index contributed by atoms with van der Waals surface area (Å²) in [5, 5.41) is 13.7. The molecule has 1 aliphatic carbocycles. The number of halogens is 2. The predicted octanol–water partition coefficient (Wildman–Crippen LogP) is 2.79. The van der Waals surface area contributed by atoms with Crippen LogP contribution in [0.5, 0.6) is 5.75 Å². The quantitative estimate of drug-likeness (QED) is 0.764. The maximum atomic E-state index is 12.1. The molecule has 1 aromatic carbocycles. The van der Waals surface area contributed by atoms with Crippen molar-refractivity contribution < 1.29 is 18.6 Å². The number of hydrogen-bond donors (Lipinski definition) is 2. The van der Waals surface area contributed by atoms with Crippen molar-refractivity contribution in [2.24, 2.45) is 5.92 Å². The first kappa shape index (κ1) is 17.6. The topological polar surface area (TPSA) is 44.7 Å². The van der Waals surface area contributed by atoms with E-state index in [2.05, 4.69) is 15.0 Å². The van der Waals surface area contributed by atoms with E-state index >= 15 is 0 Å². The summed E-state index contributed by atoms with van der Waals surface area (Å²) in [5.41, 5.74) is 0.704. The molecule has 1 atom stereocenters. The largest absolute Gasteiger partial charge is 0.435 e. The van der Waals surface area contributed by atoms with Gasteiger partial charge in [-0.1, -0.05) is 12.1 Å². The maximum Gasteiger partial charge on any atom is 0.387 e. The van der Waals surface area contributed by atoms with Crippen molar-refractivity contribution in [2.75, 3.05) is 26.2 Å². The van der Waals surface area contributed by atoms with Gasteiger partial charge in [0.2, 0.25) is 0 Å². The van der Waals surface area contributed by atoms with Crippen molar-refractivity contribution in [3.63, 3.8) is 0 Å². The molecule has 4 nitrogen and oxygen atoms in total. The predicted molar refractivity (Wildman–Crippen MR) is 88.2 cm³/mol. The average molecular weight is 340 g/mol. The maximum absolute atomic E-state index is 12.1. The van der Waals surface area contributed by atoms with Gasteiger partial charge in [0.05, 0.1) is 6.10 Å². The lowest BCUT2D eigenvalue weighted by Crippen LogP contribution is -2.44. The van der Waals surface area contributed by atoms with Crippen molar-refractivity contribution in [1.82, 2.24) is 10.2 Å². The number of aliphatic hydroxyl groups is 1. The summed E-state index contributed by atoms with van der Waals surface area (Å²) in [6, 6.07) is 6.61. The van der Waals surface area contributed by atoms with Crippen LogP contribution in [0.3, 0.4) is 0 Å². The summed E-state index contributed by atoms with van der Waals surface area (Å²) < 4.78 is 28.6. The highest BCUT2D eigenvalue weighted by Gasteiger charge is 2.27. The summed E-state index contributed by atoms with van der Waals surface area (Å²) in [5.74, 6) is 1.05. The van der Waals surface area contributed by atoms with Crippen LogP contribution >= 0.6 is 0 Å². The number of piperidine rings is 1. The molecule has 2 aliphatic rings. The van der Waals surface area contributed by atoms with Crippen LogP contribution in [0.25, 0.3) is 0 Å². The third-order valence-corrected chi connectivity index (χ3v) is 4.89. The number of ether oxygens (including phenoxy) is 1. The molecule has 1 aliphatic heterocycles. The molecule has 1 aromatic rings. The van der Waals surface area contributed by atoms with Crippen LogP contribution in [0.1, 0.15) is 37.4 Å².